The fraction of sp³-hybridized carbons (Fsp3) is 0.214. The Hall–Kier alpha value is -2.41. The summed E-state index contributed by atoms with van der Waals surface area (Å²) in [7, 11) is 0. The van der Waals surface area contributed by atoms with E-state index in [1.807, 2.05) is 31.2 Å². The third kappa shape index (κ3) is 2.83. The molecule has 0 amide bonds. The molecule has 0 atom stereocenters. The van der Waals surface area contributed by atoms with E-state index in [1.165, 1.54) is 0 Å². The molecule has 0 aromatic heterocycles. The van der Waals surface area contributed by atoms with Gasteiger partial charge < -0.3 is 14.6 Å². The van der Waals surface area contributed by atoms with E-state index in [0.29, 0.717) is 12.2 Å². The highest BCUT2D eigenvalue weighted by atomic mass is 16.7. The van der Waals surface area contributed by atoms with Gasteiger partial charge >= 0.3 is 5.97 Å². The minimum Gasteiger partial charge on any atom is -0.472 e. The first-order valence-electron chi connectivity index (χ1n) is 5.54. The van der Waals surface area contributed by atoms with Crippen LogP contribution in [0, 0.1) is 11.8 Å². The molecule has 2 rings (SSSR count). The molecule has 1 aromatic carbocycles. The van der Waals surface area contributed by atoms with Crippen LogP contribution >= 0.6 is 0 Å². The molecule has 1 aliphatic heterocycles. The molecule has 0 bridgehead atoms. The lowest BCUT2D eigenvalue weighted by molar-refractivity contribution is -0.130. The van der Waals surface area contributed by atoms with Crippen molar-refractivity contribution in [2.24, 2.45) is 0 Å². The van der Waals surface area contributed by atoms with Crippen molar-refractivity contribution in [3.8, 4) is 23.3 Å². The normalized spacial score (nSPS) is 12.8. The summed E-state index contributed by atoms with van der Waals surface area (Å²) in [4.78, 5) is 10.4. The van der Waals surface area contributed by atoms with Crippen LogP contribution in [-0.4, -0.2) is 17.9 Å². The summed E-state index contributed by atoms with van der Waals surface area (Å²) in [5.74, 6) is 5.03. The lowest BCUT2D eigenvalue weighted by atomic mass is 10.1. The first kappa shape index (κ1) is 12.1. The fourth-order valence-corrected chi connectivity index (χ4v) is 1.56. The van der Waals surface area contributed by atoms with E-state index in [-0.39, 0.29) is 6.79 Å². The van der Waals surface area contributed by atoms with E-state index in [4.69, 9.17) is 14.6 Å². The molecule has 4 heteroatoms. The third-order valence-corrected chi connectivity index (χ3v) is 2.45. The molecule has 0 saturated heterocycles. The quantitative estimate of drug-likeness (QED) is 0.811. The molecule has 0 fully saturated rings. The molecule has 4 nitrogen and oxygen atoms in total. The maximum absolute atomic E-state index is 10.4. The number of ether oxygens (including phenoxy) is 2. The molecule has 1 aromatic rings. The zero-order valence-electron chi connectivity index (χ0n) is 9.90. The lowest BCUT2D eigenvalue weighted by Gasteiger charge is -1.99. The SMILES string of the molecule is CCC(C#CC(=O)O)=Cc1ccc2c(c1)OCO2. The Morgan fingerprint density at radius 3 is 2.89 bits per heavy atom. The molecule has 0 aliphatic carbocycles. The van der Waals surface area contributed by atoms with E-state index < -0.39 is 5.97 Å². The van der Waals surface area contributed by atoms with Gasteiger partial charge in [-0.05, 0) is 30.2 Å². The Bertz CT molecular complexity index is 561. The predicted octanol–water partition coefficient (Wildman–Crippen LogP) is 2.30. The molecule has 0 unspecified atom stereocenters. The summed E-state index contributed by atoms with van der Waals surface area (Å²) in [6, 6.07) is 5.55. The topological polar surface area (TPSA) is 55.8 Å². The number of carboxylic acid groups (broad SMARTS) is 1. The Morgan fingerprint density at radius 2 is 2.17 bits per heavy atom. The molecule has 1 aliphatic rings. The van der Waals surface area contributed by atoms with Crippen molar-refractivity contribution in [3.05, 3.63) is 29.3 Å². The van der Waals surface area contributed by atoms with Crippen LogP contribution in [0.4, 0.5) is 0 Å². The van der Waals surface area contributed by atoms with Crippen LogP contribution in [0.15, 0.2) is 23.8 Å². The van der Waals surface area contributed by atoms with Gasteiger partial charge in [-0.15, -0.1) is 0 Å². The second kappa shape index (κ2) is 5.28. The standard InChI is InChI=1S/C14H12O4/c1-2-10(4-6-14(15)16)7-11-3-5-12-13(8-11)18-9-17-12/h3,5,7-8H,2,9H2,1H3,(H,15,16). The fourth-order valence-electron chi connectivity index (χ4n) is 1.56. The second-order valence-electron chi connectivity index (χ2n) is 3.69. The van der Waals surface area contributed by atoms with Gasteiger partial charge in [0.1, 0.15) is 0 Å². The summed E-state index contributed by atoms with van der Waals surface area (Å²) in [5.41, 5.74) is 1.67. The number of aliphatic carboxylic acids is 1. The third-order valence-electron chi connectivity index (χ3n) is 2.45. The smallest absolute Gasteiger partial charge is 0.382 e. The highest BCUT2D eigenvalue weighted by Crippen LogP contribution is 2.33. The highest BCUT2D eigenvalue weighted by Gasteiger charge is 2.12. The minimum atomic E-state index is -1.12. The molecule has 0 radical (unpaired) electrons. The van der Waals surface area contributed by atoms with Crippen LogP contribution in [0.3, 0.4) is 0 Å². The summed E-state index contributed by atoms with van der Waals surface area (Å²) in [6.07, 6.45) is 2.52. The molecular formula is C14H12O4. The number of benzene rings is 1. The van der Waals surface area contributed by atoms with Gasteiger partial charge in [0.15, 0.2) is 11.5 Å². The predicted molar refractivity (Wildman–Crippen MR) is 66.2 cm³/mol. The van der Waals surface area contributed by atoms with E-state index in [9.17, 15) is 4.79 Å². The van der Waals surface area contributed by atoms with Crippen molar-refractivity contribution in [1.29, 1.82) is 0 Å². The van der Waals surface area contributed by atoms with E-state index >= 15 is 0 Å². The van der Waals surface area contributed by atoms with Gasteiger partial charge in [0, 0.05) is 11.5 Å². The van der Waals surface area contributed by atoms with Crippen molar-refractivity contribution >= 4 is 12.0 Å². The monoisotopic (exact) mass is 244 g/mol. The summed E-state index contributed by atoms with van der Waals surface area (Å²) >= 11 is 0. The average molecular weight is 244 g/mol. The first-order chi connectivity index (χ1) is 8.69. The van der Waals surface area contributed by atoms with Crippen molar-refractivity contribution in [2.75, 3.05) is 6.79 Å². The minimum absolute atomic E-state index is 0.238. The zero-order chi connectivity index (χ0) is 13.0. The van der Waals surface area contributed by atoms with Gasteiger partial charge in [-0.2, -0.15) is 0 Å². The van der Waals surface area contributed by atoms with E-state index in [0.717, 1.165) is 16.9 Å². The van der Waals surface area contributed by atoms with Crippen LogP contribution in [-0.2, 0) is 4.79 Å². The molecule has 0 spiro atoms. The Morgan fingerprint density at radius 1 is 1.39 bits per heavy atom. The van der Waals surface area contributed by atoms with Crippen LogP contribution in [0.2, 0.25) is 0 Å². The number of allylic oxidation sites excluding steroid dienone is 1. The number of carbonyl (C=O) groups is 1. The molecular weight excluding hydrogens is 232 g/mol. The number of fused-ring (bicyclic) bond motifs is 1. The summed E-state index contributed by atoms with van der Waals surface area (Å²) in [6.45, 7) is 2.16. The lowest BCUT2D eigenvalue weighted by Crippen LogP contribution is -1.92. The molecule has 1 heterocycles. The summed E-state index contributed by atoms with van der Waals surface area (Å²) in [5, 5.41) is 8.51. The highest BCUT2D eigenvalue weighted by molar-refractivity contribution is 5.87. The van der Waals surface area contributed by atoms with Crippen LogP contribution in [0.1, 0.15) is 18.9 Å². The zero-order valence-corrected chi connectivity index (χ0v) is 9.90. The molecule has 92 valence electrons. The van der Waals surface area contributed by atoms with Crippen molar-refractivity contribution in [2.45, 2.75) is 13.3 Å². The summed E-state index contributed by atoms with van der Waals surface area (Å²) < 4.78 is 10.5. The van der Waals surface area contributed by atoms with Crippen molar-refractivity contribution in [1.82, 2.24) is 0 Å². The van der Waals surface area contributed by atoms with Gasteiger partial charge in [-0.1, -0.05) is 18.9 Å². The molecule has 18 heavy (non-hydrogen) atoms. The molecule has 0 saturated carbocycles. The Labute approximate surface area is 105 Å². The largest absolute Gasteiger partial charge is 0.472 e. The number of carboxylic acids is 1. The Balaban J connectivity index is 2.26. The van der Waals surface area contributed by atoms with Gasteiger partial charge in [0.05, 0.1) is 0 Å². The van der Waals surface area contributed by atoms with E-state index in [2.05, 4.69) is 11.8 Å². The number of rotatable bonds is 2. The van der Waals surface area contributed by atoms with Crippen LogP contribution < -0.4 is 9.47 Å². The van der Waals surface area contributed by atoms with Crippen LogP contribution in [0.5, 0.6) is 11.5 Å². The first-order valence-corrected chi connectivity index (χ1v) is 5.54. The number of hydrogen-bond acceptors (Lipinski definition) is 3. The maximum Gasteiger partial charge on any atom is 0.382 e. The van der Waals surface area contributed by atoms with Crippen molar-refractivity contribution < 1.29 is 19.4 Å². The Kier molecular flexibility index (Phi) is 3.54. The van der Waals surface area contributed by atoms with Gasteiger partial charge in [-0.3, -0.25) is 0 Å². The maximum atomic E-state index is 10.4. The molecule has 1 N–H and O–H groups in total. The van der Waals surface area contributed by atoms with Crippen molar-refractivity contribution in [3.63, 3.8) is 0 Å². The van der Waals surface area contributed by atoms with Gasteiger partial charge in [0.2, 0.25) is 6.79 Å². The van der Waals surface area contributed by atoms with Gasteiger partial charge in [-0.25, -0.2) is 4.79 Å². The van der Waals surface area contributed by atoms with Gasteiger partial charge in [0.25, 0.3) is 0 Å². The average Bonchev–Trinajstić information content (AvgIpc) is 2.81. The number of hydrogen-bond donors (Lipinski definition) is 1. The van der Waals surface area contributed by atoms with Crippen LogP contribution in [0.25, 0.3) is 6.08 Å². The van der Waals surface area contributed by atoms with E-state index in [1.54, 1.807) is 0 Å². The second-order valence-corrected chi connectivity index (χ2v) is 3.69.